The summed E-state index contributed by atoms with van der Waals surface area (Å²) < 4.78 is 4.85. The lowest BCUT2D eigenvalue weighted by atomic mass is 9.95. The van der Waals surface area contributed by atoms with E-state index in [1.165, 1.54) is 18.3 Å². The van der Waals surface area contributed by atoms with E-state index >= 15 is 0 Å². The maximum atomic E-state index is 11.8. The zero-order valence-electron chi connectivity index (χ0n) is 13.5. The zero-order chi connectivity index (χ0) is 16.2. The molecule has 23 heavy (non-hydrogen) atoms. The van der Waals surface area contributed by atoms with E-state index in [0.717, 1.165) is 29.2 Å². The van der Waals surface area contributed by atoms with Crippen molar-refractivity contribution in [1.82, 2.24) is 0 Å². The number of hydrogen-bond acceptors (Lipinski definition) is 2. The highest BCUT2D eigenvalue weighted by molar-refractivity contribution is 6.01. The maximum absolute atomic E-state index is 11.8. The minimum Gasteiger partial charge on any atom is -0.465 e. The Morgan fingerprint density at radius 1 is 1.22 bits per heavy atom. The van der Waals surface area contributed by atoms with Crippen LogP contribution in [0.3, 0.4) is 0 Å². The molecule has 1 aliphatic rings. The monoisotopic (exact) mass is 304 g/mol. The molecule has 0 N–H and O–H groups in total. The second-order valence-corrected chi connectivity index (χ2v) is 5.64. The van der Waals surface area contributed by atoms with Crippen LogP contribution >= 0.6 is 0 Å². The largest absolute Gasteiger partial charge is 0.465 e. The number of esters is 1. The molecule has 0 radical (unpaired) electrons. The van der Waals surface area contributed by atoms with Crippen molar-refractivity contribution in [3.8, 4) is 0 Å². The number of fused-ring (bicyclic) bond motifs is 1. The average Bonchev–Trinajstić information content (AvgIpc) is 2.85. The standard InChI is InChI=1S/C21H20O2/c1-3-15-7-4-5-8-17(13-15)19-10-6-9-16-11-12-18(14-20(16)19)21(22)23-2/h4-6,8-14H,3,7H2,1-2H3. The van der Waals surface area contributed by atoms with E-state index in [0.29, 0.717) is 5.56 Å². The van der Waals surface area contributed by atoms with Crippen molar-refractivity contribution in [1.29, 1.82) is 0 Å². The summed E-state index contributed by atoms with van der Waals surface area (Å²) in [6, 6.07) is 11.9. The normalized spacial score (nSPS) is 14.2. The molecule has 0 saturated carbocycles. The zero-order valence-corrected chi connectivity index (χ0v) is 13.5. The van der Waals surface area contributed by atoms with E-state index < -0.39 is 0 Å². The lowest BCUT2D eigenvalue weighted by Gasteiger charge is -2.10. The van der Waals surface area contributed by atoms with Gasteiger partial charge in [0.2, 0.25) is 0 Å². The Hall–Kier alpha value is -2.61. The van der Waals surface area contributed by atoms with Crippen molar-refractivity contribution in [3.05, 3.63) is 77.4 Å². The third-order valence-corrected chi connectivity index (χ3v) is 4.22. The Kier molecular flexibility index (Phi) is 4.42. The van der Waals surface area contributed by atoms with Gasteiger partial charge in [0, 0.05) is 0 Å². The van der Waals surface area contributed by atoms with Crippen molar-refractivity contribution >= 4 is 22.3 Å². The van der Waals surface area contributed by atoms with Crippen LogP contribution in [0.15, 0.2) is 66.3 Å². The predicted octanol–water partition coefficient (Wildman–Crippen LogP) is 5.31. The van der Waals surface area contributed by atoms with Crippen LogP contribution in [0.1, 0.15) is 35.7 Å². The van der Waals surface area contributed by atoms with Crippen LogP contribution in [0.25, 0.3) is 16.3 Å². The second-order valence-electron chi connectivity index (χ2n) is 5.64. The molecule has 2 aromatic carbocycles. The highest BCUT2D eigenvalue weighted by atomic mass is 16.5. The Balaban J connectivity index is 2.19. The van der Waals surface area contributed by atoms with Gasteiger partial charge in [0.05, 0.1) is 12.7 Å². The molecule has 1 aliphatic carbocycles. The topological polar surface area (TPSA) is 26.3 Å². The van der Waals surface area contributed by atoms with E-state index in [-0.39, 0.29) is 5.97 Å². The minimum absolute atomic E-state index is 0.304. The quantitative estimate of drug-likeness (QED) is 0.719. The molecule has 0 atom stereocenters. The lowest BCUT2D eigenvalue weighted by Crippen LogP contribution is -2.01. The number of ether oxygens (including phenoxy) is 1. The molecule has 0 saturated heterocycles. The number of benzene rings is 2. The van der Waals surface area contributed by atoms with E-state index in [1.54, 1.807) is 0 Å². The van der Waals surface area contributed by atoms with Gasteiger partial charge in [0.1, 0.15) is 0 Å². The van der Waals surface area contributed by atoms with E-state index in [1.807, 2.05) is 18.2 Å². The summed E-state index contributed by atoms with van der Waals surface area (Å²) in [7, 11) is 1.41. The summed E-state index contributed by atoms with van der Waals surface area (Å²) in [5, 5.41) is 2.19. The number of carbonyl (C=O) groups is 1. The van der Waals surface area contributed by atoms with Crippen LogP contribution in [-0.4, -0.2) is 13.1 Å². The van der Waals surface area contributed by atoms with Crippen LogP contribution in [0.2, 0.25) is 0 Å². The minimum atomic E-state index is -0.304. The first-order valence-corrected chi connectivity index (χ1v) is 7.90. The first kappa shape index (κ1) is 15.3. The Morgan fingerprint density at radius 3 is 2.87 bits per heavy atom. The van der Waals surface area contributed by atoms with E-state index in [4.69, 9.17) is 4.74 Å². The average molecular weight is 304 g/mol. The molecule has 0 amide bonds. The maximum Gasteiger partial charge on any atom is 0.337 e. The van der Waals surface area contributed by atoms with Crippen molar-refractivity contribution in [2.45, 2.75) is 19.8 Å². The van der Waals surface area contributed by atoms with E-state index in [9.17, 15) is 4.79 Å². The first-order valence-electron chi connectivity index (χ1n) is 7.90. The van der Waals surface area contributed by atoms with Gasteiger partial charge in [-0.3, -0.25) is 0 Å². The molecule has 2 aromatic rings. The summed E-state index contributed by atoms with van der Waals surface area (Å²) in [6.45, 7) is 2.18. The smallest absolute Gasteiger partial charge is 0.337 e. The van der Waals surface area contributed by atoms with Gasteiger partial charge in [-0.1, -0.05) is 61.1 Å². The van der Waals surface area contributed by atoms with Gasteiger partial charge >= 0.3 is 5.97 Å². The summed E-state index contributed by atoms with van der Waals surface area (Å²) >= 11 is 0. The predicted molar refractivity (Wildman–Crippen MR) is 95.4 cm³/mol. The molecule has 116 valence electrons. The fourth-order valence-electron chi connectivity index (χ4n) is 2.90. The fourth-order valence-corrected chi connectivity index (χ4v) is 2.90. The first-order chi connectivity index (χ1) is 11.2. The SMILES string of the molecule is CCC1=CC(c2cccc3ccc(C(=O)OC)cc23)=CC=CC1. The molecular formula is C21H20O2. The molecule has 2 nitrogen and oxygen atoms in total. The molecular weight excluding hydrogens is 284 g/mol. The summed E-state index contributed by atoms with van der Waals surface area (Å²) in [6.07, 6.45) is 10.7. The van der Waals surface area contributed by atoms with Crippen LogP contribution in [0, 0.1) is 0 Å². The van der Waals surface area contributed by atoms with Crippen molar-refractivity contribution in [2.75, 3.05) is 7.11 Å². The molecule has 0 aliphatic heterocycles. The second kappa shape index (κ2) is 6.66. The van der Waals surface area contributed by atoms with Crippen molar-refractivity contribution in [3.63, 3.8) is 0 Å². The Bertz CT molecular complexity index is 838. The van der Waals surface area contributed by atoms with E-state index in [2.05, 4.69) is 49.4 Å². The Morgan fingerprint density at radius 2 is 2.09 bits per heavy atom. The van der Waals surface area contributed by atoms with Gasteiger partial charge < -0.3 is 4.74 Å². The molecule has 3 rings (SSSR count). The van der Waals surface area contributed by atoms with Crippen molar-refractivity contribution < 1.29 is 9.53 Å². The molecule has 0 spiro atoms. The molecule has 0 unspecified atom stereocenters. The number of carbonyl (C=O) groups excluding carboxylic acids is 1. The number of rotatable bonds is 3. The fraction of sp³-hybridized carbons (Fsp3) is 0.190. The summed E-state index contributed by atoms with van der Waals surface area (Å²) in [4.78, 5) is 11.8. The van der Waals surface area contributed by atoms with Crippen LogP contribution < -0.4 is 0 Å². The number of hydrogen-bond donors (Lipinski definition) is 0. The summed E-state index contributed by atoms with van der Waals surface area (Å²) in [5.41, 5.74) is 4.32. The number of allylic oxidation sites excluding steroid dienone is 6. The molecule has 0 fully saturated rings. The third-order valence-electron chi connectivity index (χ3n) is 4.22. The molecule has 2 heteroatoms. The van der Waals surface area contributed by atoms with Crippen LogP contribution in [-0.2, 0) is 4.74 Å². The van der Waals surface area contributed by atoms with Crippen LogP contribution in [0.4, 0.5) is 0 Å². The van der Waals surface area contributed by atoms with Gasteiger partial charge in [0.25, 0.3) is 0 Å². The summed E-state index contributed by atoms with van der Waals surface area (Å²) in [5.74, 6) is -0.304. The lowest BCUT2D eigenvalue weighted by molar-refractivity contribution is 0.0601. The highest BCUT2D eigenvalue weighted by Gasteiger charge is 2.10. The van der Waals surface area contributed by atoms with Crippen LogP contribution in [0.5, 0.6) is 0 Å². The third kappa shape index (κ3) is 3.11. The highest BCUT2D eigenvalue weighted by Crippen LogP contribution is 2.30. The van der Waals surface area contributed by atoms with Gasteiger partial charge in [-0.2, -0.15) is 0 Å². The number of methoxy groups -OCH3 is 1. The van der Waals surface area contributed by atoms with Gasteiger partial charge in [0.15, 0.2) is 0 Å². The Labute approximate surface area is 136 Å². The molecule has 0 bridgehead atoms. The van der Waals surface area contributed by atoms with Gasteiger partial charge in [-0.15, -0.1) is 0 Å². The van der Waals surface area contributed by atoms with Gasteiger partial charge in [-0.05, 0) is 46.9 Å². The molecule has 0 aromatic heterocycles. The van der Waals surface area contributed by atoms with Crippen molar-refractivity contribution in [2.24, 2.45) is 0 Å². The molecule has 0 heterocycles. The van der Waals surface area contributed by atoms with Gasteiger partial charge in [-0.25, -0.2) is 4.79 Å².